The molecule has 8 heteroatoms. The summed E-state index contributed by atoms with van der Waals surface area (Å²) in [6, 6.07) is 13.2. The molecule has 7 nitrogen and oxygen atoms in total. The highest BCUT2D eigenvalue weighted by atomic mass is 32.2. The third kappa shape index (κ3) is 3.76. The van der Waals surface area contributed by atoms with Gasteiger partial charge in [0.05, 0.1) is 16.5 Å². The van der Waals surface area contributed by atoms with Gasteiger partial charge in [-0.15, -0.1) is 0 Å². The van der Waals surface area contributed by atoms with Crippen LogP contribution in [0.25, 0.3) is 10.9 Å². The van der Waals surface area contributed by atoms with Crippen molar-refractivity contribution in [2.75, 3.05) is 49.1 Å². The van der Waals surface area contributed by atoms with E-state index in [4.69, 9.17) is 0 Å². The fourth-order valence-electron chi connectivity index (χ4n) is 4.79. The number of rotatable bonds is 5. The van der Waals surface area contributed by atoms with Gasteiger partial charge in [0.25, 0.3) is 10.0 Å². The first-order valence-electron chi connectivity index (χ1n) is 11.4. The summed E-state index contributed by atoms with van der Waals surface area (Å²) in [5.41, 5.74) is 3.63. The van der Waals surface area contributed by atoms with Gasteiger partial charge in [0, 0.05) is 62.2 Å². The van der Waals surface area contributed by atoms with E-state index in [0.717, 1.165) is 67.0 Å². The summed E-state index contributed by atoms with van der Waals surface area (Å²) in [6.45, 7) is 6.97. The van der Waals surface area contributed by atoms with Crippen LogP contribution in [0.15, 0.2) is 53.6 Å². The number of piperazine rings is 1. The van der Waals surface area contributed by atoms with E-state index >= 15 is 0 Å². The number of hydrogen-bond donors (Lipinski definition) is 2. The number of nitrogens with zero attached hydrogens (tertiary/aromatic N) is 3. The number of aliphatic hydroxyl groups excluding tert-OH is 1. The summed E-state index contributed by atoms with van der Waals surface area (Å²) in [5.74, 6) is 0. The van der Waals surface area contributed by atoms with Crippen LogP contribution in [0.1, 0.15) is 18.9 Å². The van der Waals surface area contributed by atoms with Crippen molar-refractivity contribution in [1.29, 1.82) is 0 Å². The first kappa shape index (κ1) is 21.3. The van der Waals surface area contributed by atoms with Gasteiger partial charge in [-0.1, -0.05) is 19.1 Å². The Morgan fingerprint density at radius 3 is 2.53 bits per heavy atom. The second-order valence-electron chi connectivity index (χ2n) is 8.63. The van der Waals surface area contributed by atoms with E-state index < -0.39 is 10.0 Å². The zero-order chi connectivity index (χ0) is 22.3. The molecule has 2 aliphatic heterocycles. The van der Waals surface area contributed by atoms with E-state index in [1.54, 1.807) is 24.4 Å². The lowest BCUT2D eigenvalue weighted by molar-refractivity contribution is 0.198. The molecule has 2 aliphatic rings. The molecule has 0 saturated carbocycles. The van der Waals surface area contributed by atoms with Gasteiger partial charge in [-0.3, -0.25) is 0 Å². The van der Waals surface area contributed by atoms with Crippen molar-refractivity contribution in [2.45, 2.75) is 30.8 Å². The summed E-state index contributed by atoms with van der Waals surface area (Å²) in [5, 5.41) is 14.2. The molecular formula is C24H30N4O3S. The van der Waals surface area contributed by atoms with Crippen molar-refractivity contribution in [2.24, 2.45) is 0 Å². The predicted octanol–water partition coefficient (Wildman–Crippen LogP) is 2.42. The highest BCUT2D eigenvalue weighted by molar-refractivity contribution is 7.90. The molecule has 2 aromatic carbocycles. The predicted molar refractivity (Wildman–Crippen MR) is 128 cm³/mol. The fraction of sp³-hybridized carbons (Fsp3) is 0.417. The van der Waals surface area contributed by atoms with Gasteiger partial charge in [-0.25, -0.2) is 12.4 Å². The Labute approximate surface area is 189 Å². The van der Waals surface area contributed by atoms with Gasteiger partial charge in [0.1, 0.15) is 0 Å². The van der Waals surface area contributed by atoms with Crippen LogP contribution in [-0.4, -0.2) is 62.9 Å². The largest absolute Gasteiger partial charge is 0.391 e. The van der Waals surface area contributed by atoms with Crippen LogP contribution in [0.4, 0.5) is 11.4 Å². The van der Waals surface area contributed by atoms with Gasteiger partial charge in [-0.2, -0.15) is 0 Å². The molecule has 170 valence electrons. The highest BCUT2D eigenvalue weighted by Crippen LogP contribution is 2.31. The number of fused-ring (bicyclic) bond motifs is 1. The van der Waals surface area contributed by atoms with Crippen LogP contribution in [0.3, 0.4) is 0 Å². The SMILES string of the molecule is CCc1cn(S(=O)(=O)c2cccc(N3CC[C@H](O)C3)c2)c2cc(N3CCNCC3)ccc12. The summed E-state index contributed by atoms with van der Waals surface area (Å²) < 4.78 is 29.0. The van der Waals surface area contributed by atoms with E-state index in [9.17, 15) is 13.5 Å². The quantitative estimate of drug-likeness (QED) is 0.617. The highest BCUT2D eigenvalue weighted by Gasteiger charge is 2.25. The Kier molecular flexibility index (Phi) is 5.61. The molecule has 2 N–H and O–H groups in total. The fourth-order valence-corrected chi connectivity index (χ4v) is 6.21. The molecule has 0 unspecified atom stereocenters. The monoisotopic (exact) mass is 454 g/mol. The maximum absolute atomic E-state index is 13.8. The lowest BCUT2D eigenvalue weighted by atomic mass is 10.1. The van der Waals surface area contributed by atoms with E-state index in [1.165, 1.54) is 3.97 Å². The molecular weight excluding hydrogens is 424 g/mol. The molecule has 5 rings (SSSR count). The maximum atomic E-state index is 13.8. The van der Waals surface area contributed by atoms with E-state index in [-0.39, 0.29) is 11.0 Å². The zero-order valence-electron chi connectivity index (χ0n) is 18.4. The Balaban J connectivity index is 1.58. The van der Waals surface area contributed by atoms with Gasteiger partial charge in [0.15, 0.2) is 0 Å². The zero-order valence-corrected chi connectivity index (χ0v) is 19.2. The Morgan fingerprint density at radius 1 is 1.03 bits per heavy atom. The van der Waals surface area contributed by atoms with Crippen LogP contribution in [-0.2, 0) is 16.4 Å². The second kappa shape index (κ2) is 8.42. The minimum Gasteiger partial charge on any atom is -0.391 e. The van der Waals surface area contributed by atoms with Crippen molar-refractivity contribution in [1.82, 2.24) is 9.29 Å². The smallest absolute Gasteiger partial charge is 0.268 e. The van der Waals surface area contributed by atoms with Gasteiger partial charge < -0.3 is 20.2 Å². The summed E-state index contributed by atoms with van der Waals surface area (Å²) in [4.78, 5) is 4.60. The van der Waals surface area contributed by atoms with Gasteiger partial charge in [0.2, 0.25) is 0 Å². The van der Waals surface area contributed by atoms with Crippen LogP contribution in [0, 0.1) is 0 Å². The van der Waals surface area contributed by atoms with Crippen LogP contribution < -0.4 is 15.1 Å². The van der Waals surface area contributed by atoms with E-state index in [2.05, 4.69) is 29.3 Å². The second-order valence-corrected chi connectivity index (χ2v) is 10.4. The number of nitrogens with one attached hydrogen (secondary N) is 1. The normalized spacial score (nSPS) is 19.8. The lowest BCUT2D eigenvalue weighted by Crippen LogP contribution is -2.43. The third-order valence-corrected chi connectivity index (χ3v) is 8.27. The van der Waals surface area contributed by atoms with Gasteiger partial charge >= 0.3 is 0 Å². The standard InChI is InChI=1S/C24H30N4O3S/c1-2-18-16-28(24-15-20(6-7-23(18)24)26-12-9-25-10-13-26)32(30,31)22-5-3-4-19(14-22)27-11-8-21(29)17-27/h3-7,14-16,21,25,29H,2,8-13,17H2,1H3/t21-/m0/s1. The molecule has 0 radical (unpaired) electrons. The van der Waals surface area contributed by atoms with Crippen molar-refractivity contribution >= 4 is 32.3 Å². The van der Waals surface area contributed by atoms with Crippen molar-refractivity contribution < 1.29 is 13.5 Å². The summed E-state index contributed by atoms with van der Waals surface area (Å²) >= 11 is 0. The van der Waals surface area contributed by atoms with Gasteiger partial charge in [-0.05, 0) is 48.7 Å². The minimum absolute atomic E-state index is 0.267. The topological polar surface area (TPSA) is 77.8 Å². The molecule has 0 amide bonds. The number of aryl methyl sites for hydroxylation is 1. The first-order chi connectivity index (χ1) is 15.5. The van der Waals surface area contributed by atoms with Crippen molar-refractivity contribution in [3.8, 4) is 0 Å². The number of hydrogen-bond acceptors (Lipinski definition) is 6. The molecule has 0 spiro atoms. The number of aromatic nitrogens is 1. The molecule has 3 heterocycles. The average Bonchev–Trinajstić information content (AvgIpc) is 3.43. The molecule has 2 fully saturated rings. The third-order valence-electron chi connectivity index (χ3n) is 6.60. The first-order valence-corrected chi connectivity index (χ1v) is 12.8. The average molecular weight is 455 g/mol. The summed E-state index contributed by atoms with van der Waals surface area (Å²) in [6.07, 6.45) is 2.87. The molecule has 32 heavy (non-hydrogen) atoms. The number of β-amino-alcohol motifs (C(OH)–C–C–N with tert-alkyl or cyclic N) is 1. The molecule has 2 saturated heterocycles. The molecule has 1 atom stereocenters. The molecule has 1 aromatic heterocycles. The molecule has 3 aromatic rings. The van der Waals surface area contributed by atoms with Crippen LogP contribution >= 0.6 is 0 Å². The lowest BCUT2D eigenvalue weighted by Gasteiger charge is -2.29. The molecule has 0 bridgehead atoms. The van der Waals surface area contributed by atoms with Crippen LogP contribution in [0.2, 0.25) is 0 Å². The van der Waals surface area contributed by atoms with Crippen LogP contribution in [0.5, 0.6) is 0 Å². The Morgan fingerprint density at radius 2 is 1.81 bits per heavy atom. The Bertz CT molecular complexity index is 1230. The van der Waals surface area contributed by atoms with E-state index in [0.29, 0.717) is 13.0 Å². The summed E-state index contributed by atoms with van der Waals surface area (Å²) in [7, 11) is -3.77. The minimum atomic E-state index is -3.77. The number of anilines is 2. The van der Waals surface area contributed by atoms with Crippen molar-refractivity contribution in [3.05, 3.63) is 54.2 Å². The maximum Gasteiger partial charge on any atom is 0.268 e. The number of aliphatic hydroxyl groups is 1. The number of benzene rings is 2. The van der Waals surface area contributed by atoms with Crippen molar-refractivity contribution in [3.63, 3.8) is 0 Å². The Hall–Kier alpha value is -2.55. The van der Waals surface area contributed by atoms with E-state index in [1.807, 2.05) is 17.0 Å². The molecule has 0 aliphatic carbocycles.